The molecule has 3 amide bonds. The lowest BCUT2D eigenvalue weighted by Crippen LogP contribution is -2.30. The Morgan fingerprint density at radius 2 is 1.48 bits per heavy atom. The summed E-state index contributed by atoms with van der Waals surface area (Å²) in [7, 11) is 0. The molecule has 1 heterocycles. The lowest BCUT2D eigenvalue weighted by molar-refractivity contribution is -0.115. The number of para-hydroxylation sites is 2. The molecule has 0 aliphatic carbocycles. The molecule has 1 atom stereocenters. The van der Waals surface area contributed by atoms with E-state index in [1.807, 2.05) is 86.6 Å². The van der Waals surface area contributed by atoms with Crippen LogP contribution >= 0.6 is 11.8 Å². The average molecular weight is 683 g/mol. The summed E-state index contributed by atoms with van der Waals surface area (Å²) in [5.74, 6) is -0.467. The van der Waals surface area contributed by atoms with Gasteiger partial charge in [-0.15, -0.1) is 11.8 Å². The molecule has 0 saturated carbocycles. The van der Waals surface area contributed by atoms with Crippen LogP contribution in [0.1, 0.15) is 36.7 Å². The molecule has 6 aromatic rings. The fraction of sp³-hybridized carbons (Fsp3) is 0.146. The predicted octanol–water partition coefficient (Wildman–Crippen LogP) is 8.74. The van der Waals surface area contributed by atoms with Crippen molar-refractivity contribution < 1.29 is 19.1 Å². The summed E-state index contributed by atoms with van der Waals surface area (Å²) in [4.78, 5) is 40.9. The molecular formula is C41H38N4O4S. The quantitative estimate of drug-likeness (QED) is 0.0886. The zero-order chi connectivity index (χ0) is 35.0. The molecule has 0 spiro atoms. The van der Waals surface area contributed by atoms with Crippen molar-refractivity contribution in [2.24, 2.45) is 0 Å². The molecule has 6 rings (SSSR count). The molecule has 0 bridgehead atoms. The van der Waals surface area contributed by atoms with Crippen LogP contribution in [0, 0.1) is 0 Å². The van der Waals surface area contributed by atoms with Gasteiger partial charge < -0.3 is 25.3 Å². The van der Waals surface area contributed by atoms with E-state index < -0.39 is 17.1 Å². The highest BCUT2D eigenvalue weighted by atomic mass is 32.2. The fourth-order valence-corrected chi connectivity index (χ4v) is 6.73. The van der Waals surface area contributed by atoms with Crippen molar-refractivity contribution in [3.8, 4) is 5.75 Å². The second-order valence-corrected chi connectivity index (χ2v) is 13.0. The Morgan fingerprint density at radius 3 is 2.28 bits per heavy atom. The zero-order valence-corrected chi connectivity index (χ0v) is 28.9. The van der Waals surface area contributed by atoms with E-state index in [4.69, 9.17) is 4.74 Å². The van der Waals surface area contributed by atoms with Crippen molar-refractivity contribution in [2.75, 3.05) is 17.2 Å². The van der Waals surface area contributed by atoms with E-state index >= 15 is 0 Å². The van der Waals surface area contributed by atoms with Crippen LogP contribution < -0.4 is 20.7 Å². The molecule has 9 heteroatoms. The fourth-order valence-electron chi connectivity index (χ4n) is 5.80. The first-order valence-electron chi connectivity index (χ1n) is 16.5. The van der Waals surface area contributed by atoms with Crippen LogP contribution in [0.2, 0.25) is 0 Å². The minimum atomic E-state index is -0.506. The van der Waals surface area contributed by atoms with Crippen molar-refractivity contribution in [3.63, 3.8) is 0 Å². The van der Waals surface area contributed by atoms with Crippen LogP contribution in [-0.4, -0.2) is 34.1 Å². The maximum atomic E-state index is 13.7. The number of rotatable bonds is 12. The van der Waals surface area contributed by atoms with E-state index in [9.17, 15) is 14.4 Å². The van der Waals surface area contributed by atoms with E-state index in [-0.39, 0.29) is 11.6 Å². The lowest BCUT2D eigenvalue weighted by atomic mass is 10.1. The Bertz CT molecular complexity index is 2210. The maximum Gasteiger partial charge on any atom is 0.272 e. The molecule has 50 heavy (non-hydrogen) atoms. The van der Waals surface area contributed by atoms with E-state index in [1.54, 1.807) is 36.4 Å². The number of hydrogen-bond acceptors (Lipinski definition) is 5. The molecule has 0 aliphatic rings. The van der Waals surface area contributed by atoms with Crippen molar-refractivity contribution in [1.29, 1.82) is 0 Å². The van der Waals surface area contributed by atoms with Crippen molar-refractivity contribution >= 4 is 68.7 Å². The highest BCUT2D eigenvalue weighted by Gasteiger charge is 2.19. The zero-order valence-electron chi connectivity index (χ0n) is 28.1. The van der Waals surface area contributed by atoms with Crippen molar-refractivity contribution in [3.05, 3.63) is 138 Å². The Morgan fingerprint density at radius 1 is 0.760 bits per heavy atom. The van der Waals surface area contributed by atoms with Gasteiger partial charge in [0, 0.05) is 55.7 Å². The molecule has 5 aromatic carbocycles. The highest BCUT2D eigenvalue weighted by molar-refractivity contribution is 8.00. The van der Waals surface area contributed by atoms with Gasteiger partial charge in [0.2, 0.25) is 5.91 Å². The van der Waals surface area contributed by atoms with Gasteiger partial charge in [0.05, 0.1) is 11.9 Å². The monoisotopic (exact) mass is 682 g/mol. The van der Waals surface area contributed by atoms with Gasteiger partial charge in [-0.25, -0.2) is 0 Å². The van der Waals surface area contributed by atoms with Crippen molar-refractivity contribution in [2.45, 2.75) is 37.5 Å². The van der Waals surface area contributed by atoms with Gasteiger partial charge in [0.15, 0.2) is 0 Å². The van der Waals surface area contributed by atoms with Gasteiger partial charge in [-0.05, 0) is 87.5 Å². The number of nitrogens with zero attached hydrogens (tertiary/aromatic N) is 1. The smallest absolute Gasteiger partial charge is 0.272 e. The number of aromatic nitrogens is 1. The summed E-state index contributed by atoms with van der Waals surface area (Å²) in [6.07, 6.45) is 1.60. The molecule has 3 N–H and O–H groups in total. The first-order chi connectivity index (χ1) is 24.3. The van der Waals surface area contributed by atoms with Gasteiger partial charge in [-0.3, -0.25) is 14.4 Å². The minimum absolute atomic E-state index is 0.0517. The Kier molecular flexibility index (Phi) is 10.6. The summed E-state index contributed by atoms with van der Waals surface area (Å²) in [5, 5.41) is 10.6. The number of hydrogen-bond donors (Lipinski definition) is 3. The first-order valence-corrected chi connectivity index (χ1v) is 17.4. The summed E-state index contributed by atoms with van der Waals surface area (Å²) >= 11 is 1.38. The van der Waals surface area contributed by atoms with E-state index in [1.165, 1.54) is 17.3 Å². The minimum Gasteiger partial charge on any atom is -0.493 e. The van der Waals surface area contributed by atoms with Crippen LogP contribution in [-0.2, 0) is 16.1 Å². The molecule has 0 saturated heterocycles. The predicted molar refractivity (Wildman–Crippen MR) is 204 cm³/mol. The summed E-state index contributed by atoms with van der Waals surface area (Å²) in [5.41, 5.74) is 4.66. The third kappa shape index (κ3) is 7.74. The molecule has 1 unspecified atom stereocenters. The number of carbonyl (C=O) groups is 3. The second-order valence-electron chi connectivity index (χ2n) is 11.6. The third-order valence-electron chi connectivity index (χ3n) is 8.18. The van der Waals surface area contributed by atoms with Crippen LogP contribution in [0.25, 0.3) is 27.9 Å². The van der Waals surface area contributed by atoms with Gasteiger partial charge in [-0.1, -0.05) is 60.7 Å². The van der Waals surface area contributed by atoms with E-state index in [2.05, 4.69) is 45.6 Å². The molecule has 0 fully saturated rings. The largest absolute Gasteiger partial charge is 0.493 e. The molecule has 1 aromatic heterocycles. The number of thioether (sulfide) groups is 1. The van der Waals surface area contributed by atoms with Gasteiger partial charge in [0.1, 0.15) is 11.4 Å². The summed E-state index contributed by atoms with van der Waals surface area (Å²) in [6.45, 7) is 7.16. The Balaban J connectivity index is 1.17. The Labute approximate surface area is 295 Å². The SMILES string of the molecule is CCOc1ccccc1/C=C(/NC(=O)c1ccccc1)C(=O)Nc1cccc(SC(C)C(=O)Nc2ccc3c(c2)c2ccccc2n3CC)c1. The number of carbonyl (C=O) groups excluding carboxylic acids is 3. The van der Waals surface area contributed by atoms with Gasteiger partial charge >= 0.3 is 0 Å². The standard InChI is InChI=1S/C41H38N4O4S/c1-4-45-36-20-11-10-19-33(36)34-26-31(22-23-37(34)45)42-39(46)27(3)50-32-18-13-17-30(25-32)43-41(48)35(44-40(47)28-14-7-6-8-15-28)24-29-16-9-12-21-38(29)49-5-2/h6-27H,4-5H2,1-3H3,(H,42,46)(H,43,48)(H,44,47)/b35-24+. The van der Waals surface area contributed by atoms with Crippen molar-refractivity contribution in [1.82, 2.24) is 9.88 Å². The first kappa shape index (κ1) is 34.1. The lowest BCUT2D eigenvalue weighted by Gasteiger charge is -2.15. The second kappa shape index (κ2) is 15.6. The topological polar surface area (TPSA) is 101 Å². The number of amides is 3. The number of benzene rings is 5. The number of anilines is 2. The Hall–Kier alpha value is -5.80. The van der Waals surface area contributed by atoms with Gasteiger partial charge in [0.25, 0.3) is 11.8 Å². The molecule has 0 aliphatic heterocycles. The van der Waals surface area contributed by atoms with Crippen LogP contribution in [0.3, 0.4) is 0 Å². The average Bonchev–Trinajstić information content (AvgIpc) is 3.45. The van der Waals surface area contributed by atoms with Crippen LogP contribution in [0.5, 0.6) is 5.75 Å². The van der Waals surface area contributed by atoms with Crippen LogP contribution in [0.4, 0.5) is 11.4 Å². The number of fused-ring (bicyclic) bond motifs is 3. The molecule has 8 nitrogen and oxygen atoms in total. The molecule has 0 radical (unpaired) electrons. The molecule has 252 valence electrons. The van der Waals surface area contributed by atoms with E-state index in [0.29, 0.717) is 29.2 Å². The molecular weight excluding hydrogens is 645 g/mol. The van der Waals surface area contributed by atoms with Crippen LogP contribution in [0.15, 0.2) is 132 Å². The maximum absolute atomic E-state index is 13.7. The van der Waals surface area contributed by atoms with E-state index in [0.717, 1.165) is 33.4 Å². The summed E-state index contributed by atoms with van der Waals surface area (Å²) in [6, 6.07) is 37.6. The third-order valence-corrected chi connectivity index (χ3v) is 9.27. The number of aryl methyl sites for hydroxylation is 1. The normalized spacial score (nSPS) is 12.0. The highest BCUT2D eigenvalue weighted by Crippen LogP contribution is 2.32. The summed E-state index contributed by atoms with van der Waals surface area (Å²) < 4.78 is 8.03. The number of ether oxygens (including phenoxy) is 1. The number of nitrogens with one attached hydrogen (secondary N) is 3. The van der Waals surface area contributed by atoms with Gasteiger partial charge in [-0.2, -0.15) is 0 Å².